The van der Waals surface area contributed by atoms with Gasteiger partial charge in [0.2, 0.25) is 0 Å². The molecule has 0 amide bonds. The number of ketones is 1. The molecule has 0 N–H and O–H groups in total. The van der Waals surface area contributed by atoms with Gasteiger partial charge in [0, 0.05) is 36.5 Å². The van der Waals surface area contributed by atoms with Gasteiger partial charge in [0.25, 0.3) is 0 Å². The van der Waals surface area contributed by atoms with E-state index in [4.69, 9.17) is 18.9 Å². The van der Waals surface area contributed by atoms with Gasteiger partial charge in [-0.15, -0.1) is 0 Å². The van der Waals surface area contributed by atoms with Crippen LogP contribution in [0.15, 0.2) is 97.1 Å². The Balaban J connectivity index is 0.000000156. The summed E-state index contributed by atoms with van der Waals surface area (Å²) in [4.78, 5) is 36.1. The van der Waals surface area contributed by atoms with Crippen molar-refractivity contribution < 1.29 is 33.3 Å². The molecule has 2 saturated carbocycles. The Morgan fingerprint density at radius 2 is 1.15 bits per heavy atom. The number of carbonyl (C=O) groups excluding carboxylic acids is 3. The molecule has 4 aliphatic carbocycles. The third-order valence-corrected chi connectivity index (χ3v) is 13.6. The van der Waals surface area contributed by atoms with E-state index in [0.29, 0.717) is 54.8 Å². The van der Waals surface area contributed by atoms with Crippen molar-refractivity contribution in [2.45, 2.75) is 93.7 Å². The van der Waals surface area contributed by atoms with Crippen LogP contribution in [-0.2, 0) is 60.3 Å². The molecule has 1 aliphatic heterocycles. The molecular formula is C48H52O7. The molecule has 5 aliphatic rings. The highest BCUT2D eigenvalue weighted by Crippen LogP contribution is 2.56. The first-order valence-corrected chi connectivity index (χ1v) is 20.1. The molecule has 0 bridgehead atoms. The van der Waals surface area contributed by atoms with Gasteiger partial charge in [0.15, 0.2) is 5.79 Å². The Labute approximate surface area is 324 Å². The number of Topliss-reactive ketones (excluding diaryl/α,β-unsaturated/α-hetero) is 1. The molecule has 1 heterocycles. The molecule has 4 aromatic carbocycles. The molecule has 0 radical (unpaired) electrons. The zero-order chi connectivity index (χ0) is 38.0. The van der Waals surface area contributed by atoms with Crippen LogP contribution < -0.4 is 0 Å². The van der Waals surface area contributed by atoms with E-state index >= 15 is 0 Å². The predicted molar refractivity (Wildman–Crippen MR) is 210 cm³/mol. The lowest BCUT2D eigenvalue weighted by Crippen LogP contribution is -2.51. The van der Waals surface area contributed by atoms with Crippen LogP contribution in [0.1, 0.15) is 105 Å². The van der Waals surface area contributed by atoms with Gasteiger partial charge in [0.1, 0.15) is 5.78 Å². The number of hydrogen-bond donors (Lipinski definition) is 0. The maximum Gasteiger partial charge on any atom is 0.337 e. The maximum absolute atomic E-state index is 12.1. The summed E-state index contributed by atoms with van der Waals surface area (Å²) in [5, 5.41) is 0. The Morgan fingerprint density at radius 1 is 0.636 bits per heavy atom. The summed E-state index contributed by atoms with van der Waals surface area (Å²) in [5.41, 5.74) is 9.28. The molecule has 1 saturated heterocycles. The predicted octanol–water partition coefficient (Wildman–Crippen LogP) is 8.71. The van der Waals surface area contributed by atoms with Gasteiger partial charge in [-0.1, -0.05) is 72.8 Å². The van der Waals surface area contributed by atoms with E-state index in [1.807, 2.05) is 24.3 Å². The number of benzene rings is 4. The third-order valence-electron chi connectivity index (χ3n) is 13.6. The largest absolute Gasteiger partial charge is 0.465 e. The molecule has 286 valence electrons. The van der Waals surface area contributed by atoms with Gasteiger partial charge in [-0.25, -0.2) is 9.59 Å². The number of esters is 2. The number of carbonyl (C=O) groups is 3. The average Bonchev–Trinajstić information content (AvgIpc) is 3.69. The highest BCUT2D eigenvalue weighted by atomic mass is 16.7. The van der Waals surface area contributed by atoms with Crippen molar-refractivity contribution >= 4 is 17.7 Å². The third kappa shape index (κ3) is 7.18. The fraction of sp³-hybridized carbons (Fsp3) is 0.438. The molecule has 4 aromatic rings. The highest BCUT2D eigenvalue weighted by molar-refractivity contribution is 5.90. The van der Waals surface area contributed by atoms with Gasteiger partial charge in [-0.2, -0.15) is 0 Å². The molecule has 3 fully saturated rings. The molecule has 7 nitrogen and oxygen atoms in total. The second kappa shape index (κ2) is 15.5. The number of ether oxygens (including phenoxy) is 4. The van der Waals surface area contributed by atoms with Crippen molar-refractivity contribution in [1.29, 1.82) is 0 Å². The molecule has 4 atom stereocenters. The maximum atomic E-state index is 12.1. The Kier molecular flexibility index (Phi) is 10.5. The van der Waals surface area contributed by atoms with Crippen LogP contribution in [0.25, 0.3) is 0 Å². The summed E-state index contributed by atoms with van der Waals surface area (Å²) in [6.07, 6.45) is 11.1. The lowest BCUT2D eigenvalue weighted by Gasteiger charge is -2.53. The van der Waals surface area contributed by atoms with Crippen molar-refractivity contribution in [2.24, 2.45) is 11.8 Å². The normalized spacial score (nSPS) is 26.0. The van der Waals surface area contributed by atoms with Crippen molar-refractivity contribution in [1.82, 2.24) is 0 Å². The SMILES string of the molecule is COC(=O)c1ccc2c(c1)CC[C@H]1CC(=O)CC[C@@]21Cc1ccccc1.COC(=O)c1ccc2c(c1)CC[C@H]1CC3(CC[C@@]21Cc1ccccc1)OCCO3. The topological polar surface area (TPSA) is 88.1 Å². The van der Waals surface area contributed by atoms with E-state index in [1.165, 1.54) is 47.6 Å². The van der Waals surface area contributed by atoms with Gasteiger partial charge < -0.3 is 18.9 Å². The molecule has 7 heteroatoms. The first-order valence-electron chi connectivity index (χ1n) is 20.1. The lowest BCUT2D eigenvalue weighted by molar-refractivity contribution is -0.200. The van der Waals surface area contributed by atoms with E-state index in [2.05, 4.69) is 72.8 Å². The monoisotopic (exact) mass is 740 g/mol. The number of hydrogen-bond acceptors (Lipinski definition) is 7. The standard InChI is InChI=1S/C25H28O4.C23H24O3/c1-27-23(26)20-8-10-22-19(15-20)7-9-21-17-25(28-13-14-29-25)12-11-24(21,22)16-18-5-3-2-4-6-18;1-26-22(25)18-8-10-21-17(13-18)7-9-19-14-20(24)11-12-23(19,21)15-16-5-3-2-4-6-16/h2-6,8,10,15,21H,7,9,11-14,16-17H2,1H3;2-6,8,10,13,19H,7,9,11-12,14-15H2,1H3/t21-,24-;19-,23-/m00/s1. The Hall–Kier alpha value is -4.59. The van der Waals surface area contributed by atoms with Gasteiger partial charge in [0.05, 0.1) is 38.6 Å². The summed E-state index contributed by atoms with van der Waals surface area (Å²) in [5.74, 6) is 0.363. The smallest absolute Gasteiger partial charge is 0.337 e. The fourth-order valence-electron chi connectivity index (χ4n) is 11.0. The second-order valence-electron chi connectivity index (χ2n) is 16.4. The van der Waals surface area contributed by atoms with Crippen LogP contribution in [-0.4, -0.2) is 50.9 Å². The molecule has 0 aromatic heterocycles. The van der Waals surface area contributed by atoms with Gasteiger partial charge >= 0.3 is 11.9 Å². The van der Waals surface area contributed by atoms with E-state index < -0.39 is 0 Å². The molecule has 0 unspecified atom stereocenters. The van der Waals surface area contributed by atoms with Crippen molar-refractivity contribution in [3.05, 3.63) is 142 Å². The Morgan fingerprint density at radius 3 is 1.67 bits per heavy atom. The number of aryl methyl sites for hydroxylation is 2. The Bertz CT molecular complexity index is 2030. The molecule has 1 spiro atoms. The summed E-state index contributed by atoms with van der Waals surface area (Å²) in [6.45, 7) is 1.41. The average molecular weight is 741 g/mol. The minimum atomic E-state index is -0.381. The molecular weight excluding hydrogens is 689 g/mol. The number of methoxy groups -OCH3 is 2. The van der Waals surface area contributed by atoms with Crippen LogP contribution in [0, 0.1) is 11.8 Å². The highest BCUT2D eigenvalue weighted by Gasteiger charge is 2.54. The van der Waals surface area contributed by atoms with E-state index in [1.54, 1.807) is 0 Å². The minimum Gasteiger partial charge on any atom is -0.465 e. The van der Waals surface area contributed by atoms with Crippen LogP contribution >= 0.6 is 0 Å². The van der Waals surface area contributed by atoms with Crippen LogP contribution in [0.3, 0.4) is 0 Å². The summed E-state index contributed by atoms with van der Waals surface area (Å²) in [7, 11) is 2.86. The van der Waals surface area contributed by atoms with Gasteiger partial charge in [-0.3, -0.25) is 4.79 Å². The molecule has 9 rings (SSSR count). The van der Waals surface area contributed by atoms with Crippen molar-refractivity contribution in [3.8, 4) is 0 Å². The van der Waals surface area contributed by atoms with E-state index in [9.17, 15) is 14.4 Å². The van der Waals surface area contributed by atoms with Crippen molar-refractivity contribution in [3.63, 3.8) is 0 Å². The minimum absolute atomic E-state index is 0.00248. The second-order valence-corrected chi connectivity index (χ2v) is 16.4. The van der Waals surface area contributed by atoms with E-state index in [0.717, 1.165) is 64.2 Å². The fourth-order valence-corrected chi connectivity index (χ4v) is 11.0. The van der Waals surface area contributed by atoms with Gasteiger partial charge in [-0.05, 0) is 121 Å². The van der Waals surface area contributed by atoms with Crippen LogP contribution in [0.2, 0.25) is 0 Å². The molecule has 55 heavy (non-hydrogen) atoms. The van der Waals surface area contributed by atoms with Crippen molar-refractivity contribution in [2.75, 3.05) is 27.4 Å². The first kappa shape index (κ1) is 37.3. The number of rotatable bonds is 6. The van der Waals surface area contributed by atoms with Crippen LogP contribution in [0.5, 0.6) is 0 Å². The quantitative estimate of drug-likeness (QED) is 0.183. The summed E-state index contributed by atoms with van der Waals surface area (Å²) < 4.78 is 22.0. The summed E-state index contributed by atoms with van der Waals surface area (Å²) in [6, 6.07) is 33.5. The van der Waals surface area contributed by atoms with E-state index in [-0.39, 0.29) is 28.6 Å². The summed E-state index contributed by atoms with van der Waals surface area (Å²) >= 11 is 0. The van der Waals surface area contributed by atoms with Crippen LogP contribution in [0.4, 0.5) is 0 Å². The zero-order valence-electron chi connectivity index (χ0n) is 32.1. The lowest BCUT2D eigenvalue weighted by atomic mass is 9.54. The first-order chi connectivity index (χ1) is 26.8. The number of fused-ring (bicyclic) bond motifs is 6. The zero-order valence-corrected chi connectivity index (χ0v) is 32.1.